The van der Waals surface area contributed by atoms with E-state index in [4.69, 9.17) is 14.7 Å². The average molecular weight is 365 g/mol. The number of anilines is 2. The van der Waals surface area contributed by atoms with Gasteiger partial charge in [-0.3, -0.25) is 9.59 Å². The van der Waals surface area contributed by atoms with Crippen LogP contribution in [0.4, 0.5) is 11.4 Å². The van der Waals surface area contributed by atoms with Crippen LogP contribution >= 0.6 is 0 Å². The molecule has 1 fully saturated rings. The van der Waals surface area contributed by atoms with Gasteiger partial charge < -0.3 is 19.7 Å². The molecule has 0 saturated carbocycles. The third-order valence-electron chi connectivity index (χ3n) is 4.47. The normalized spacial score (nSPS) is 16.0. The number of benzene rings is 2. The molecule has 0 bridgehead atoms. The van der Waals surface area contributed by atoms with Crippen molar-refractivity contribution in [3.05, 3.63) is 48.0 Å². The van der Waals surface area contributed by atoms with Crippen LogP contribution in [0.3, 0.4) is 0 Å². The van der Waals surface area contributed by atoms with E-state index in [1.54, 1.807) is 54.5 Å². The molecular formula is C20H19N3O4. The van der Waals surface area contributed by atoms with E-state index in [9.17, 15) is 9.59 Å². The number of rotatable bonds is 5. The van der Waals surface area contributed by atoms with Gasteiger partial charge in [0, 0.05) is 24.7 Å². The summed E-state index contributed by atoms with van der Waals surface area (Å²) in [5.74, 6) is 0.258. The van der Waals surface area contributed by atoms with Gasteiger partial charge in [-0.05, 0) is 36.4 Å². The van der Waals surface area contributed by atoms with Crippen molar-refractivity contribution in [2.75, 3.05) is 31.0 Å². The Labute approximate surface area is 157 Å². The second-order valence-electron chi connectivity index (χ2n) is 6.12. The van der Waals surface area contributed by atoms with Gasteiger partial charge in [-0.1, -0.05) is 0 Å². The summed E-state index contributed by atoms with van der Waals surface area (Å²) in [6, 6.07) is 13.9. The van der Waals surface area contributed by atoms with E-state index in [0.29, 0.717) is 28.4 Å². The molecule has 2 aromatic carbocycles. The molecular weight excluding hydrogens is 346 g/mol. The fraction of sp³-hybridized carbons (Fsp3) is 0.250. The zero-order chi connectivity index (χ0) is 19.4. The molecule has 1 unspecified atom stereocenters. The minimum absolute atomic E-state index is 0.124. The molecule has 1 aliphatic heterocycles. The molecule has 1 aliphatic rings. The molecule has 138 valence electrons. The van der Waals surface area contributed by atoms with Gasteiger partial charge in [0.1, 0.15) is 11.5 Å². The lowest BCUT2D eigenvalue weighted by molar-refractivity contribution is -0.122. The molecule has 0 spiro atoms. The predicted molar refractivity (Wildman–Crippen MR) is 99.8 cm³/mol. The molecule has 0 aliphatic carbocycles. The summed E-state index contributed by atoms with van der Waals surface area (Å²) in [5, 5.41) is 11.7. The third kappa shape index (κ3) is 3.85. The Kier molecular flexibility index (Phi) is 5.27. The van der Waals surface area contributed by atoms with Crippen molar-refractivity contribution in [1.29, 1.82) is 5.26 Å². The van der Waals surface area contributed by atoms with Crippen LogP contribution in [0.25, 0.3) is 0 Å². The lowest BCUT2D eigenvalue weighted by atomic mass is 10.1. The van der Waals surface area contributed by atoms with Gasteiger partial charge in [0.05, 0.1) is 37.5 Å². The number of amides is 2. The highest BCUT2D eigenvalue weighted by Gasteiger charge is 2.35. The van der Waals surface area contributed by atoms with Gasteiger partial charge in [-0.25, -0.2) is 0 Å². The quantitative estimate of drug-likeness (QED) is 0.879. The van der Waals surface area contributed by atoms with E-state index in [2.05, 4.69) is 5.32 Å². The van der Waals surface area contributed by atoms with Gasteiger partial charge in [0.25, 0.3) is 0 Å². The van der Waals surface area contributed by atoms with Crippen molar-refractivity contribution in [2.24, 2.45) is 5.92 Å². The summed E-state index contributed by atoms with van der Waals surface area (Å²) >= 11 is 0. The highest BCUT2D eigenvalue weighted by atomic mass is 16.5. The lowest BCUT2D eigenvalue weighted by Gasteiger charge is -2.17. The number of nitrogens with one attached hydrogen (secondary N) is 1. The summed E-state index contributed by atoms with van der Waals surface area (Å²) in [4.78, 5) is 26.5. The van der Waals surface area contributed by atoms with Crippen molar-refractivity contribution < 1.29 is 19.1 Å². The summed E-state index contributed by atoms with van der Waals surface area (Å²) < 4.78 is 10.4. The molecule has 1 heterocycles. The van der Waals surface area contributed by atoms with E-state index < -0.39 is 5.92 Å². The van der Waals surface area contributed by atoms with Crippen LogP contribution in [0.5, 0.6) is 11.5 Å². The Balaban J connectivity index is 1.71. The Morgan fingerprint density at radius 3 is 2.56 bits per heavy atom. The van der Waals surface area contributed by atoms with Crippen molar-refractivity contribution in [1.82, 2.24) is 0 Å². The second-order valence-corrected chi connectivity index (χ2v) is 6.12. The highest BCUT2D eigenvalue weighted by Crippen LogP contribution is 2.31. The topological polar surface area (TPSA) is 91.7 Å². The largest absolute Gasteiger partial charge is 0.497 e. The van der Waals surface area contributed by atoms with Gasteiger partial charge >= 0.3 is 0 Å². The standard InChI is InChI=1S/C20H19N3O4/c1-26-16-7-8-17(18(10-16)27-2)22-20(25)14-9-19(24)23(12-14)15-5-3-13(11-21)4-6-15/h3-8,10,14H,9,12H2,1-2H3,(H,22,25). The number of carbonyl (C=O) groups excluding carboxylic acids is 2. The van der Waals surface area contributed by atoms with Gasteiger partial charge in [0.2, 0.25) is 11.8 Å². The first kappa shape index (κ1) is 18.3. The van der Waals surface area contributed by atoms with E-state index in [-0.39, 0.29) is 24.8 Å². The first-order valence-corrected chi connectivity index (χ1v) is 8.39. The highest BCUT2D eigenvalue weighted by molar-refractivity contribution is 6.04. The van der Waals surface area contributed by atoms with Crippen LogP contribution < -0.4 is 19.7 Å². The van der Waals surface area contributed by atoms with E-state index in [1.807, 2.05) is 6.07 Å². The van der Waals surface area contributed by atoms with Gasteiger partial charge in [0.15, 0.2) is 0 Å². The van der Waals surface area contributed by atoms with E-state index in [0.717, 1.165) is 0 Å². The lowest BCUT2D eigenvalue weighted by Crippen LogP contribution is -2.28. The summed E-state index contributed by atoms with van der Waals surface area (Å²) in [6.45, 7) is 0.287. The minimum Gasteiger partial charge on any atom is -0.497 e. The summed E-state index contributed by atoms with van der Waals surface area (Å²) in [6.07, 6.45) is 0.129. The molecule has 7 nitrogen and oxygen atoms in total. The smallest absolute Gasteiger partial charge is 0.229 e. The Morgan fingerprint density at radius 2 is 1.93 bits per heavy atom. The molecule has 3 rings (SSSR count). The predicted octanol–water partition coefficient (Wildman–Crippen LogP) is 2.57. The molecule has 1 atom stereocenters. The Morgan fingerprint density at radius 1 is 1.19 bits per heavy atom. The Bertz CT molecular complexity index is 902. The van der Waals surface area contributed by atoms with Crippen molar-refractivity contribution in [2.45, 2.75) is 6.42 Å². The first-order valence-electron chi connectivity index (χ1n) is 8.39. The summed E-state index contributed by atoms with van der Waals surface area (Å²) in [7, 11) is 3.06. The molecule has 2 amide bonds. The molecule has 1 saturated heterocycles. The zero-order valence-corrected chi connectivity index (χ0v) is 15.1. The van der Waals surface area contributed by atoms with Crippen molar-refractivity contribution in [3.63, 3.8) is 0 Å². The van der Waals surface area contributed by atoms with Crippen LogP contribution in [-0.4, -0.2) is 32.6 Å². The number of methoxy groups -OCH3 is 2. The van der Waals surface area contributed by atoms with Crippen LogP contribution in [0, 0.1) is 17.2 Å². The molecule has 0 radical (unpaired) electrons. The van der Waals surface area contributed by atoms with E-state index >= 15 is 0 Å². The van der Waals surface area contributed by atoms with Crippen molar-refractivity contribution >= 4 is 23.2 Å². The first-order chi connectivity index (χ1) is 13.0. The SMILES string of the molecule is COc1ccc(NC(=O)C2CC(=O)N(c3ccc(C#N)cc3)C2)c(OC)c1. The zero-order valence-electron chi connectivity index (χ0n) is 15.1. The maximum absolute atomic E-state index is 12.6. The fourth-order valence-corrected chi connectivity index (χ4v) is 2.99. The number of nitriles is 1. The molecule has 27 heavy (non-hydrogen) atoms. The number of nitrogens with zero attached hydrogens (tertiary/aromatic N) is 2. The molecule has 2 aromatic rings. The molecule has 0 aromatic heterocycles. The number of carbonyl (C=O) groups is 2. The molecule has 1 N–H and O–H groups in total. The van der Waals surface area contributed by atoms with Crippen LogP contribution in [-0.2, 0) is 9.59 Å². The maximum atomic E-state index is 12.6. The van der Waals surface area contributed by atoms with Gasteiger partial charge in [-0.2, -0.15) is 5.26 Å². The summed E-state index contributed by atoms with van der Waals surface area (Å²) in [5.41, 5.74) is 1.72. The maximum Gasteiger partial charge on any atom is 0.229 e. The number of ether oxygens (including phenoxy) is 2. The minimum atomic E-state index is -0.472. The molecule has 7 heteroatoms. The number of hydrogen-bond donors (Lipinski definition) is 1. The van der Waals surface area contributed by atoms with Crippen LogP contribution in [0.1, 0.15) is 12.0 Å². The Hall–Kier alpha value is -3.53. The van der Waals surface area contributed by atoms with Gasteiger partial charge in [-0.15, -0.1) is 0 Å². The fourth-order valence-electron chi connectivity index (χ4n) is 2.99. The second kappa shape index (κ2) is 7.79. The van der Waals surface area contributed by atoms with Crippen LogP contribution in [0.2, 0.25) is 0 Å². The van der Waals surface area contributed by atoms with E-state index in [1.165, 1.54) is 7.11 Å². The average Bonchev–Trinajstić information content (AvgIpc) is 3.10. The number of hydrogen-bond acceptors (Lipinski definition) is 5. The van der Waals surface area contributed by atoms with Crippen LogP contribution in [0.15, 0.2) is 42.5 Å². The third-order valence-corrected chi connectivity index (χ3v) is 4.47. The van der Waals surface area contributed by atoms with Crippen molar-refractivity contribution in [3.8, 4) is 17.6 Å². The monoisotopic (exact) mass is 365 g/mol.